The van der Waals surface area contributed by atoms with Crippen LogP contribution in [0.3, 0.4) is 0 Å². The molecule has 1 rings (SSSR count). The zero-order chi connectivity index (χ0) is 17.8. The number of rotatable bonds is 12. The Morgan fingerprint density at radius 3 is 2.83 bits per heavy atom. The van der Waals surface area contributed by atoms with Crippen molar-refractivity contribution in [3.8, 4) is 0 Å². The summed E-state index contributed by atoms with van der Waals surface area (Å²) >= 11 is 0. The van der Waals surface area contributed by atoms with Crippen LogP contribution in [0.4, 0.5) is 0 Å². The number of nitrogens with zero attached hydrogens (tertiary/aromatic N) is 1. The molecule has 0 aliphatic heterocycles. The molecule has 0 bridgehead atoms. The lowest BCUT2D eigenvalue weighted by atomic mass is 9.79. The molecule has 0 aromatic rings. The standard InChI is InChI=1S/C18H36N4O2/c1-21-7-8-22(2)13-17(12-19)18(20)16-6-4-5-15(11-16)14-24-10-9-23-3/h12,15-16,19,21H,4-11,13-14,20H2,1-3H3. The van der Waals surface area contributed by atoms with Gasteiger partial charge in [-0.1, -0.05) is 6.42 Å². The van der Waals surface area contributed by atoms with E-state index in [0.717, 1.165) is 50.4 Å². The minimum atomic E-state index is 0.379. The van der Waals surface area contributed by atoms with Gasteiger partial charge in [-0.25, -0.2) is 0 Å². The van der Waals surface area contributed by atoms with E-state index in [1.807, 2.05) is 7.05 Å². The lowest BCUT2D eigenvalue weighted by Gasteiger charge is -2.30. The summed E-state index contributed by atoms with van der Waals surface area (Å²) in [6.07, 6.45) is 6.02. The minimum absolute atomic E-state index is 0.379. The van der Waals surface area contributed by atoms with Crippen molar-refractivity contribution in [2.45, 2.75) is 25.7 Å². The van der Waals surface area contributed by atoms with E-state index in [9.17, 15) is 0 Å². The maximum Gasteiger partial charge on any atom is 0.0700 e. The van der Waals surface area contributed by atoms with Crippen LogP contribution in [0.2, 0.25) is 0 Å². The van der Waals surface area contributed by atoms with Crippen LogP contribution in [0.5, 0.6) is 0 Å². The van der Waals surface area contributed by atoms with Gasteiger partial charge in [-0.15, -0.1) is 0 Å². The van der Waals surface area contributed by atoms with Gasteiger partial charge in [0.05, 0.1) is 13.2 Å². The Hall–Kier alpha value is -0.950. The van der Waals surface area contributed by atoms with E-state index >= 15 is 0 Å². The van der Waals surface area contributed by atoms with Gasteiger partial charge in [0.2, 0.25) is 0 Å². The second-order valence-corrected chi connectivity index (χ2v) is 6.76. The molecule has 0 saturated heterocycles. The quantitative estimate of drug-likeness (QED) is 0.370. The second kappa shape index (κ2) is 12.4. The van der Waals surface area contributed by atoms with Crippen molar-refractivity contribution in [3.63, 3.8) is 0 Å². The van der Waals surface area contributed by atoms with Crippen LogP contribution in [-0.2, 0) is 9.47 Å². The summed E-state index contributed by atoms with van der Waals surface area (Å²) in [6, 6.07) is 0. The van der Waals surface area contributed by atoms with Crippen molar-refractivity contribution >= 4 is 6.21 Å². The molecule has 2 unspecified atom stereocenters. The van der Waals surface area contributed by atoms with Crippen molar-refractivity contribution in [1.82, 2.24) is 10.2 Å². The summed E-state index contributed by atoms with van der Waals surface area (Å²) in [5.41, 5.74) is 8.31. The molecule has 4 N–H and O–H groups in total. The number of hydrogen-bond acceptors (Lipinski definition) is 6. The maximum absolute atomic E-state index is 7.74. The average molecular weight is 341 g/mol. The molecule has 140 valence electrons. The highest BCUT2D eigenvalue weighted by atomic mass is 16.5. The van der Waals surface area contributed by atoms with Gasteiger partial charge in [0, 0.05) is 50.8 Å². The van der Waals surface area contributed by atoms with Crippen molar-refractivity contribution in [1.29, 1.82) is 5.41 Å². The van der Waals surface area contributed by atoms with Gasteiger partial charge in [0.25, 0.3) is 0 Å². The smallest absolute Gasteiger partial charge is 0.0700 e. The molecule has 2 atom stereocenters. The van der Waals surface area contributed by atoms with Crippen molar-refractivity contribution in [2.75, 3.05) is 60.7 Å². The normalized spacial score (nSPS) is 22.5. The summed E-state index contributed by atoms with van der Waals surface area (Å²) < 4.78 is 10.7. The van der Waals surface area contributed by atoms with Crippen LogP contribution in [-0.4, -0.2) is 71.8 Å². The Balaban J connectivity index is 2.55. The van der Waals surface area contributed by atoms with Gasteiger partial charge in [0.15, 0.2) is 0 Å². The van der Waals surface area contributed by atoms with E-state index in [-0.39, 0.29) is 0 Å². The van der Waals surface area contributed by atoms with Crippen LogP contribution in [0.1, 0.15) is 25.7 Å². The summed E-state index contributed by atoms with van der Waals surface area (Å²) in [4.78, 5) is 2.21. The number of nitrogens with two attached hydrogens (primary N) is 1. The molecule has 0 aromatic heterocycles. The zero-order valence-electron chi connectivity index (χ0n) is 15.6. The van der Waals surface area contributed by atoms with E-state index in [4.69, 9.17) is 20.6 Å². The summed E-state index contributed by atoms with van der Waals surface area (Å²) in [5.74, 6) is 0.942. The van der Waals surface area contributed by atoms with Crippen molar-refractivity contribution in [2.24, 2.45) is 17.6 Å². The third-order valence-electron chi connectivity index (χ3n) is 4.74. The molecule has 1 saturated carbocycles. The Kier molecular flexibility index (Phi) is 10.9. The molecule has 0 heterocycles. The minimum Gasteiger partial charge on any atom is -0.402 e. The lowest BCUT2D eigenvalue weighted by molar-refractivity contribution is 0.0398. The predicted octanol–water partition coefficient (Wildman–Crippen LogP) is 1.47. The van der Waals surface area contributed by atoms with Gasteiger partial charge in [-0.05, 0) is 45.2 Å². The molecule has 0 amide bonds. The van der Waals surface area contributed by atoms with Crippen LogP contribution in [0.25, 0.3) is 0 Å². The predicted molar refractivity (Wildman–Crippen MR) is 99.6 cm³/mol. The first-order chi connectivity index (χ1) is 11.6. The zero-order valence-corrected chi connectivity index (χ0v) is 15.6. The van der Waals surface area contributed by atoms with Gasteiger partial charge in [-0.2, -0.15) is 0 Å². The molecule has 0 radical (unpaired) electrons. The van der Waals surface area contributed by atoms with Crippen LogP contribution >= 0.6 is 0 Å². The van der Waals surface area contributed by atoms with Crippen molar-refractivity contribution in [3.05, 3.63) is 11.3 Å². The molecule has 0 aromatic carbocycles. The van der Waals surface area contributed by atoms with Crippen LogP contribution in [0, 0.1) is 17.2 Å². The van der Waals surface area contributed by atoms with Crippen LogP contribution < -0.4 is 11.1 Å². The van der Waals surface area contributed by atoms with E-state index in [0.29, 0.717) is 25.0 Å². The van der Waals surface area contributed by atoms with Crippen LogP contribution in [0.15, 0.2) is 11.3 Å². The number of hydrogen-bond donors (Lipinski definition) is 3. The third kappa shape index (κ3) is 7.75. The first-order valence-corrected chi connectivity index (χ1v) is 9.01. The first kappa shape index (κ1) is 21.1. The fraction of sp³-hybridized carbons (Fsp3) is 0.833. The summed E-state index contributed by atoms with van der Waals surface area (Å²) in [7, 11) is 5.71. The van der Waals surface area contributed by atoms with E-state index in [1.54, 1.807) is 7.11 Å². The fourth-order valence-electron chi connectivity index (χ4n) is 3.27. The van der Waals surface area contributed by atoms with Gasteiger partial charge >= 0.3 is 0 Å². The molecular weight excluding hydrogens is 304 g/mol. The van der Waals surface area contributed by atoms with E-state index < -0.39 is 0 Å². The Labute approximate surface area is 147 Å². The number of ether oxygens (including phenoxy) is 2. The van der Waals surface area contributed by atoms with E-state index in [2.05, 4.69) is 17.3 Å². The molecule has 1 aliphatic carbocycles. The Morgan fingerprint density at radius 1 is 1.38 bits per heavy atom. The van der Waals surface area contributed by atoms with Crippen molar-refractivity contribution < 1.29 is 9.47 Å². The maximum atomic E-state index is 7.74. The summed E-state index contributed by atoms with van der Waals surface area (Å²) in [5, 5.41) is 10.9. The average Bonchev–Trinajstić information content (AvgIpc) is 2.61. The molecule has 24 heavy (non-hydrogen) atoms. The summed E-state index contributed by atoms with van der Waals surface area (Å²) in [6.45, 7) is 4.71. The molecule has 1 aliphatic rings. The second-order valence-electron chi connectivity index (χ2n) is 6.76. The highest BCUT2D eigenvalue weighted by molar-refractivity contribution is 5.77. The third-order valence-corrected chi connectivity index (χ3v) is 4.74. The number of likely N-dealkylation sites (N-methyl/N-ethyl adjacent to an activating group) is 2. The number of nitrogens with one attached hydrogen (secondary N) is 2. The highest BCUT2D eigenvalue weighted by Gasteiger charge is 2.25. The highest BCUT2D eigenvalue weighted by Crippen LogP contribution is 2.33. The topological polar surface area (TPSA) is 83.6 Å². The largest absolute Gasteiger partial charge is 0.402 e. The number of allylic oxidation sites excluding steroid dienone is 1. The molecule has 0 spiro atoms. The monoisotopic (exact) mass is 340 g/mol. The molecule has 1 fully saturated rings. The van der Waals surface area contributed by atoms with Gasteiger partial charge in [0.1, 0.15) is 0 Å². The molecule has 6 heteroatoms. The molecule has 6 nitrogen and oxygen atoms in total. The Morgan fingerprint density at radius 2 is 2.17 bits per heavy atom. The fourth-order valence-corrected chi connectivity index (χ4v) is 3.27. The lowest BCUT2D eigenvalue weighted by Crippen LogP contribution is -2.32. The van der Waals surface area contributed by atoms with Gasteiger partial charge < -0.3 is 30.8 Å². The Bertz CT molecular complexity index is 387. The van der Waals surface area contributed by atoms with E-state index in [1.165, 1.54) is 19.1 Å². The number of methoxy groups -OCH3 is 1. The molecular formula is C18H36N4O2. The SMILES string of the molecule is CNCCN(C)CC(C=N)=C(N)C1CCCC(COCCOC)C1. The first-order valence-electron chi connectivity index (χ1n) is 9.01. The van der Waals surface area contributed by atoms with Gasteiger partial charge in [-0.3, -0.25) is 0 Å².